The molecule has 186 valence electrons. The molecule has 0 bridgehead atoms. The number of amides is 2. The number of benzene rings is 2. The maximum atomic E-state index is 12.4. The summed E-state index contributed by atoms with van der Waals surface area (Å²) in [5.74, 6) is -0.796. The molecule has 35 heavy (non-hydrogen) atoms. The van der Waals surface area contributed by atoms with Crippen LogP contribution in [0.4, 0.5) is 4.79 Å². The summed E-state index contributed by atoms with van der Waals surface area (Å²) in [6.07, 6.45) is 5.81. The first-order valence-electron chi connectivity index (χ1n) is 12.2. The SMILES string of the molecule is CCCC(CCNC(=O)OCC1c2ccccc2-c2ccccc21)CCC(=O)NC/C=C/C(=O)O. The fraction of sp³-hybridized carbons (Fsp3) is 0.393. The minimum absolute atomic E-state index is 0.0323. The highest BCUT2D eigenvalue weighted by molar-refractivity contribution is 5.80. The van der Waals surface area contributed by atoms with Crippen LogP contribution in [0.1, 0.15) is 56.1 Å². The summed E-state index contributed by atoms with van der Waals surface area (Å²) in [4.78, 5) is 34.8. The van der Waals surface area contributed by atoms with Crippen LogP contribution in [0.2, 0.25) is 0 Å². The summed E-state index contributed by atoms with van der Waals surface area (Å²) in [5.41, 5.74) is 4.75. The Kier molecular flexibility index (Phi) is 9.90. The monoisotopic (exact) mass is 478 g/mol. The van der Waals surface area contributed by atoms with Crippen molar-refractivity contribution in [3.63, 3.8) is 0 Å². The van der Waals surface area contributed by atoms with Crippen molar-refractivity contribution >= 4 is 18.0 Å². The Labute approximate surface area is 206 Å². The van der Waals surface area contributed by atoms with E-state index in [1.165, 1.54) is 28.3 Å². The van der Waals surface area contributed by atoms with E-state index in [1.807, 2.05) is 24.3 Å². The topological polar surface area (TPSA) is 105 Å². The molecule has 2 aromatic rings. The Morgan fingerprint density at radius 3 is 2.26 bits per heavy atom. The number of hydrogen-bond donors (Lipinski definition) is 3. The summed E-state index contributed by atoms with van der Waals surface area (Å²) >= 11 is 0. The highest BCUT2D eigenvalue weighted by Gasteiger charge is 2.29. The number of hydrogen-bond acceptors (Lipinski definition) is 4. The maximum Gasteiger partial charge on any atom is 0.407 e. The van der Waals surface area contributed by atoms with Crippen molar-refractivity contribution in [1.82, 2.24) is 10.6 Å². The zero-order valence-corrected chi connectivity index (χ0v) is 20.2. The number of alkyl carbamates (subject to hydrolysis) is 1. The molecule has 7 heteroatoms. The number of fused-ring (bicyclic) bond motifs is 3. The van der Waals surface area contributed by atoms with Crippen molar-refractivity contribution in [2.24, 2.45) is 5.92 Å². The fourth-order valence-electron chi connectivity index (χ4n) is 4.63. The van der Waals surface area contributed by atoms with Crippen molar-refractivity contribution in [2.75, 3.05) is 19.7 Å². The summed E-state index contributed by atoms with van der Waals surface area (Å²) in [6, 6.07) is 16.5. The molecule has 2 amide bonds. The molecule has 0 fully saturated rings. The Bertz CT molecular complexity index is 1000. The molecule has 0 spiro atoms. The van der Waals surface area contributed by atoms with Crippen LogP contribution < -0.4 is 10.6 Å². The Morgan fingerprint density at radius 2 is 1.63 bits per heavy atom. The zero-order chi connectivity index (χ0) is 25.0. The van der Waals surface area contributed by atoms with E-state index in [9.17, 15) is 14.4 Å². The number of carbonyl (C=O) groups is 3. The summed E-state index contributed by atoms with van der Waals surface area (Å²) in [7, 11) is 0. The van der Waals surface area contributed by atoms with Crippen molar-refractivity contribution in [3.8, 4) is 11.1 Å². The van der Waals surface area contributed by atoms with E-state index >= 15 is 0 Å². The number of aliphatic carboxylic acids is 1. The van der Waals surface area contributed by atoms with Gasteiger partial charge in [-0.05, 0) is 41.0 Å². The molecule has 1 atom stereocenters. The van der Waals surface area contributed by atoms with Crippen LogP contribution in [-0.4, -0.2) is 42.8 Å². The van der Waals surface area contributed by atoms with Crippen molar-refractivity contribution in [1.29, 1.82) is 0 Å². The third-order valence-electron chi connectivity index (χ3n) is 6.32. The van der Waals surface area contributed by atoms with E-state index in [2.05, 4.69) is 41.8 Å². The molecule has 1 aliphatic carbocycles. The Hall–Kier alpha value is -3.61. The number of rotatable bonds is 13. The molecule has 0 saturated carbocycles. The van der Waals surface area contributed by atoms with Gasteiger partial charge in [0.1, 0.15) is 6.61 Å². The van der Waals surface area contributed by atoms with E-state index in [4.69, 9.17) is 9.84 Å². The lowest BCUT2D eigenvalue weighted by Crippen LogP contribution is -2.28. The van der Waals surface area contributed by atoms with Gasteiger partial charge < -0.3 is 20.5 Å². The second kappa shape index (κ2) is 13.3. The second-order valence-corrected chi connectivity index (χ2v) is 8.78. The van der Waals surface area contributed by atoms with Crippen LogP contribution in [0.5, 0.6) is 0 Å². The summed E-state index contributed by atoms with van der Waals surface area (Å²) in [5, 5.41) is 14.1. The zero-order valence-electron chi connectivity index (χ0n) is 20.2. The van der Waals surface area contributed by atoms with Gasteiger partial charge in [0.15, 0.2) is 0 Å². The van der Waals surface area contributed by atoms with E-state index in [1.54, 1.807) is 0 Å². The normalized spacial score (nSPS) is 13.2. The number of nitrogens with one attached hydrogen (secondary N) is 2. The predicted octanol–water partition coefficient (Wildman–Crippen LogP) is 4.87. The second-order valence-electron chi connectivity index (χ2n) is 8.78. The van der Waals surface area contributed by atoms with Crippen molar-refractivity contribution in [3.05, 3.63) is 71.8 Å². The molecule has 3 N–H and O–H groups in total. The molecule has 0 heterocycles. The quantitative estimate of drug-likeness (QED) is 0.356. The van der Waals surface area contributed by atoms with Crippen LogP contribution >= 0.6 is 0 Å². The fourth-order valence-corrected chi connectivity index (χ4v) is 4.63. The van der Waals surface area contributed by atoms with Gasteiger partial charge in [0.05, 0.1) is 0 Å². The standard InChI is InChI=1S/C28H34N2O5/c1-2-8-20(14-15-26(31)29-17-7-13-27(32)33)16-18-30-28(34)35-19-25-23-11-5-3-9-21(23)22-10-4-6-12-24(22)25/h3-7,9-13,20,25H,2,8,14-19H2,1H3,(H,29,31)(H,30,34)(H,32,33)/b13-7+. The molecule has 0 saturated heterocycles. The van der Waals surface area contributed by atoms with Gasteiger partial charge in [0.25, 0.3) is 0 Å². The van der Waals surface area contributed by atoms with Gasteiger partial charge in [0.2, 0.25) is 5.91 Å². The van der Waals surface area contributed by atoms with Gasteiger partial charge in [0, 0.05) is 31.5 Å². The van der Waals surface area contributed by atoms with Gasteiger partial charge in [-0.2, -0.15) is 0 Å². The van der Waals surface area contributed by atoms with Crippen LogP contribution in [0.3, 0.4) is 0 Å². The largest absolute Gasteiger partial charge is 0.478 e. The van der Waals surface area contributed by atoms with Gasteiger partial charge >= 0.3 is 12.1 Å². The molecular weight excluding hydrogens is 444 g/mol. The third-order valence-corrected chi connectivity index (χ3v) is 6.32. The van der Waals surface area contributed by atoms with Crippen molar-refractivity contribution in [2.45, 2.75) is 44.9 Å². The Morgan fingerprint density at radius 1 is 0.971 bits per heavy atom. The van der Waals surface area contributed by atoms with E-state index in [0.717, 1.165) is 25.3 Å². The summed E-state index contributed by atoms with van der Waals surface area (Å²) < 4.78 is 5.59. The molecular formula is C28H34N2O5. The molecule has 0 radical (unpaired) electrons. The molecule has 7 nitrogen and oxygen atoms in total. The van der Waals surface area contributed by atoms with Crippen LogP contribution in [0.15, 0.2) is 60.7 Å². The lowest BCUT2D eigenvalue weighted by atomic mass is 9.94. The average molecular weight is 479 g/mol. The molecule has 3 rings (SSSR count). The number of carboxylic acids is 1. The molecule has 0 aromatic heterocycles. The number of carboxylic acid groups (broad SMARTS) is 1. The van der Waals surface area contributed by atoms with E-state index in [-0.39, 0.29) is 25.0 Å². The van der Waals surface area contributed by atoms with Gasteiger partial charge in [-0.1, -0.05) is 74.4 Å². The van der Waals surface area contributed by atoms with E-state index < -0.39 is 12.1 Å². The van der Waals surface area contributed by atoms with Gasteiger partial charge in [-0.3, -0.25) is 4.79 Å². The van der Waals surface area contributed by atoms with Crippen LogP contribution in [-0.2, 0) is 14.3 Å². The first-order chi connectivity index (χ1) is 17.0. The minimum Gasteiger partial charge on any atom is -0.478 e. The maximum absolute atomic E-state index is 12.4. The van der Waals surface area contributed by atoms with E-state index in [0.29, 0.717) is 25.3 Å². The van der Waals surface area contributed by atoms with Crippen LogP contribution in [0.25, 0.3) is 11.1 Å². The van der Waals surface area contributed by atoms with Gasteiger partial charge in [-0.15, -0.1) is 0 Å². The smallest absolute Gasteiger partial charge is 0.407 e. The first kappa shape index (κ1) is 26.0. The third kappa shape index (κ3) is 7.70. The molecule has 0 aliphatic heterocycles. The Balaban J connectivity index is 1.40. The minimum atomic E-state index is -1.04. The van der Waals surface area contributed by atoms with Gasteiger partial charge in [-0.25, -0.2) is 9.59 Å². The predicted molar refractivity (Wildman–Crippen MR) is 135 cm³/mol. The number of ether oxygens (including phenoxy) is 1. The highest BCUT2D eigenvalue weighted by Crippen LogP contribution is 2.44. The van der Waals surface area contributed by atoms with Crippen molar-refractivity contribution < 1.29 is 24.2 Å². The number of carbonyl (C=O) groups excluding carboxylic acids is 2. The molecule has 1 aliphatic rings. The average Bonchev–Trinajstić information content (AvgIpc) is 3.17. The first-order valence-corrected chi connectivity index (χ1v) is 12.2. The lowest BCUT2D eigenvalue weighted by Gasteiger charge is -2.17. The molecule has 2 aromatic carbocycles. The lowest BCUT2D eigenvalue weighted by molar-refractivity contribution is -0.131. The highest BCUT2D eigenvalue weighted by atomic mass is 16.5. The molecule has 1 unspecified atom stereocenters. The summed E-state index contributed by atoms with van der Waals surface area (Å²) in [6.45, 7) is 3.08. The van der Waals surface area contributed by atoms with Crippen LogP contribution in [0, 0.1) is 5.92 Å².